The quantitative estimate of drug-likeness (QED) is 0.835. The molecule has 2 aliphatic heterocycles. The first-order valence-corrected chi connectivity index (χ1v) is 9.56. The zero-order valence-electron chi connectivity index (χ0n) is 14.7. The lowest BCUT2D eigenvalue weighted by atomic mass is 9.76. The van der Waals surface area contributed by atoms with Gasteiger partial charge in [0.15, 0.2) is 16.8 Å². The number of hydrogen-bond acceptors (Lipinski definition) is 7. The number of fused-ring (bicyclic) bond motifs is 1. The molecule has 1 saturated heterocycles. The van der Waals surface area contributed by atoms with Crippen LogP contribution >= 0.6 is 11.8 Å². The average Bonchev–Trinajstić information content (AvgIpc) is 3.09. The van der Waals surface area contributed by atoms with Gasteiger partial charge in [-0.25, -0.2) is 14.4 Å². The second-order valence-corrected chi connectivity index (χ2v) is 7.66. The van der Waals surface area contributed by atoms with Crippen LogP contribution in [0.2, 0.25) is 0 Å². The molecule has 1 amide bonds. The summed E-state index contributed by atoms with van der Waals surface area (Å²) in [6.07, 6.45) is 2.06. The Balaban J connectivity index is 1.69. The summed E-state index contributed by atoms with van der Waals surface area (Å²) >= 11 is 1.48. The molecule has 27 heavy (non-hydrogen) atoms. The average molecular weight is 390 g/mol. The summed E-state index contributed by atoms with van der Waals surface area (Å²) in [5.74, 6) is 0.435. The number of nitrogens with two attached hydrogens (primary N) is 1. The summed E-state index contributed by atoms with van der Waals surface area (Å²) in [5.41, 5.74) is 6.07. The van der Waals surface area contributed by atoms with Crippen molar-refractivity contribution in [1.82, 2.24) is 4.98 Å². The Bertz CT molecular complexity index is 916. The molecule has 4 rings (SSSR count). The molecule has 0 spiro atoms. The van der Waals surface area contributed by atoms with Gasteiger partial charge in [-0.3, -0.25) is 4.79 Å². The fourth-order valence-electron chi connectivity index (χ4n) is 3.53. The number of ether oxygens (including phenoxy) is 1. The summed E-state index contributed by atoms with van der Waals surface area (Å²) in [4.78, 5) is 20.9. The van der Waals surface area contributed by atoms with Crippen molar-refractivity contribution in [3.05, 3.63) is 47.4 Å². The van der Waals surface area contributed by atoms with Crippen LogP contribution in [0, 0.1) is 18.7 Å². The lowest BCUT2D eigenvalue weighted by molar-refractivity contribution is 0.00304. The molecule has 2 atom stereocenters. The number of amidine groups is 1. The second kappa shape index (κ2) is 6.97. The van der Waals surface area contributed by atoms with Gasteiger partial charge in [-0.15, -0.1) is 0 Å². The molecular formula is C18H19FN4O3S. The minimum atomic E-state index is -0.872. The number of halogens is 1. The SMILES string of the molecule is Cc1nc(C(=O)Nc2ccc(F)c([C@@]34COCCC3CSC(N)=N4)c2)co1. The van der Waals surface area contributed by atoms with Crippen LogP contribution in [0.1, 0.15) is 28.4 Å². The van der Waals surface area contributed by atoms with Crippen molar-refractivity contribution < 1.29 is 18.3 Å². The van der Waals surface area contributed by atoms with Crippen molar-refractivity contribution in [1.29, 1.82) is 0 Å². The van der Waals surface area contributed by atoms with E-state index in [4.69, 9.17) is 14.9 Å². The van der Waals surface area contributed by atoms with E-state index in [1.54, 1.807) is 13.0 Å². The highest BCUT2D eigenvalue weighted by atomic mass is 32.2. The summed E-state index contributed by atoms with van der Waals surface area (Å²) in [5, 5.41) is 3.15. The number of oxazole rings is 1. The van der Waals surface area contributed by atoms with Crippen LogP contribution in [0.4, 0.5) is 10.1 Å². The number of benzene rings is 1. The molecule has 1 fully saturated rings. The molecular weight excluding hydrogens is 371 g/mol. The maximum Gasteiger partial charge on any atom is 0.277 e. The van der Waals surface area contributed by atoms with Crippen LogP contribution in [-0.4, -0.2) is 35.0 Å². The Morgan fingerprint density at radius 1 is 1.48 bits per heavy atom. The molecule has 0 saturated carbocycles. The van der Waals surface area contributed by atoms with Crippen molar-refractivity contribution in [2.24, 2.45) is 16.6 Å². The number of thioether (sulfide) groups is 1. The van der Waals surface area contributed by atoms with Gasteiger partial charge in [-0.05, 0) is 24.6 Å². The van der Waals surface area contributed by atoms with Crippen molar-refractivity contribution in [3.8, 4) is 0 Å². The maximum absolute atomic E-state index is 14.8. The monoisotopic (exact) mass is 390 g/mol. The third kappa shape index (κ3) is 3.32. The first-order chi connectivity index (χ1) is 13.0. The van der Waals surface area contributed by atoms with E-state index in [1.165, 1.54) is 30.2 Å². The molecule has 3 heterocycles. The number of amides is 1. The number of nitrogens with one attached hydrogen (secondary N) is 1. The second-order valence-electron chi connectivity index (χ2n) is 6.62. The molecule has 7 nitrogen and oxygen atoms in total. The number of carbonyl (C=O) groups is 1. The molecule has 1 unspecified atom stereocenters. The van der Waals surface area contributed by atoms with E-state index < -0.39 is 17.3 Å². The number of aliphatic imine (C=N–C) groups is 1. The zero-order valence-corrected chi connectivity index (χ0v) is 15.5. The summed E-state index contributed by atoms with van der Waals surface area (Å²) in [6, 6.07) is 4.44. The van der Waals surface area contributed by atoms with Crippen LogP contribution < -0.4 is 11.1 Å². The van der Waals surface area contributed by atoms with Crippen LogP contribution in [0.15, 0.2) is 33.9 Å². The lowest BCUT2D eigenvalue weighted by Gasteiger charge is -2.43. The van der Waals surface area contributed by atoms with Crippen molar-refractivity contribution in [2.45, 2.75) is 18.9 Å². The highest BCUT2D eigenvalue weighted by Gasteiger charge is 2.47. The first kappa shape index (κ1) is 18.0. The Morgan fingerprint density at radius 3 is 3.11 bits per heavy atom. The number of aryl methyl sites for hydroxylation is 1. The smallest absolute Gasteiger partial charge is 0.277 e. The molecule has 0 aliphatic carbocycles. The molecule has 1 aromatic carbocycles. The minimum absolute atomic E-state index is 0.113. The third-order valence-corrected chi connectivity index (χ3v) is 5.85. The molecule has 9 heteroatoms. The topological polar surface area (TPSA) is 103 Å². The van der Waals surface area contributed by atoms with Gasteiger partial charge in [0.05, 0.1) is 6.61 Å². The van der Waals surface area contributed by atoms with Crippen LogP contribution in [0.5, 0.6) is 0 Å². The Morgan fingerprint density at radius 2 is 2.33 bits per heavy atom. The van der Waals surface area contributed by atoms with E-state index in [0.717, 1.165) is 12.2 Å². The summed E-state index contributed by atoms with van der Waals surface area (Å²) < 4.78 is 25.5. The Hall–Kier alpha value is -2.39. The number of anilines is 1. The van der Waals surface area contributed by atoms with E-state index in [1.807, 2.05) is 0 Å². The van der Waals surface area contributed by atoms with Crippen LogP contribution in [0.25, 0.3) is 0 Å². The number of aromatic nitrogens is 1. The van der Waals surface area contributed by atoms with Crippen molar-refractivity contribution in [3.63, 3.8) is 0 Å². The molecule has 2 aromatic rings. The molecule has 1 aromatic heterocycles. The molecule has 0 bridgehead atoms. The minimum Gasteiger partial charge on any atom is -0.448 e. The zero-order chi connectivity index (χ0) is 19.0. The van der Waals surface area contributed by atoms with Gasteiger partial charge in [-0.2, -0.15) is 0 Å². The van der Waals surface area contributed by atoms with Gasteiger partial charge in [0.1, 0.15) is 17.6 Å². The van der Waals surface area contributed by atoms with Gasteiger partial charge in [-0.1, -0.05) is 11.8 Å². The van der Waals surface area contributed by atoms with E-state index in [2.05, 4.69) is 15.3 Å². The van der Waals surface area contributed by atoms with E-state index in [-0.39, 0.29) is 18.2 Å². The number of rotatable bonds is 3. The van der Waals surface area contributed by atoms with Gasteiger partial charge in [0.25, 0.3) is 5.91 Å². The molecule has 3 N–H and O–H groups in total. The predicted octanol–water partition coefficient (Wildman–Crippen LogP) is 2.67. The fourth-order valence-corrected chi connectivity index (χ4v) is 4.57. The van der Waals surface area contributed by atoms with Gasteiger partial charge in [0, 0.05) is 36.5 Å². The molecule has 2 aliphatic rings. The molecule has 0 radical (unpaired) electrons. The van der Waals surface area contributed by atoms with E-state index >= 15 is 0 Å². The van der Waals surface area contributed by atoms with Gasteiger partial charge in [0.2, 0.25) is 0 Å². The third-order valence-electron chi connectivity index (χ3n) is 4.89. The predicted molar refractivity (Wildman–Crippen MR) is 100 cm³/mol. The summed E-state index contributed by atoms with van der Waals surface area (Å²) in [7, 11) is 0. The van der Waals surface area contributed by atoms with Crippen LogP contribution in [0.3, 0.4) is 0 Å². The fraction of sp³-hybridized carbons (Fsp3) is 0.389. The molecule has 142 valence electrons. The largest absolute Gasteiger partial charge is 0.448 e. The number of hydrogen-bond donors (Lipinski definition) is 2. The number of carbonyl (C=O) groups excluding carboxylic acids is 1. The highest BCUT2D eigenvalue weighted by molar-refractivity contribution is 8.13. The summed E-state index contributed by atoms with van der Waals surface area (Å²) in [6.45, 7) is 2.53. The highest BCUT2D eigenvalue weighted by Crippen LogP contribution is 2.45. The Labute approximate surface area is 159 Å². The first-order valence-electron chi connectivity index (χ1n) is 8.57. The standard InChI is InChI=1S/C18H19FN4O3S/c1-10-21-15(7-26-10)16(24)22-12-2-3-14(19)13(6-12)18-9-25-5-4-11(18)8-27-17(20)23-18/h2-3,6-7,11H,4-5,8-9H2,1H3,(H2,20,23)(H,22,24)/t11?,18-/m1/s1. The lowest BCUT2D eigenvalue weighted by Crippen LogP contribution is -2.48. The van der Waals surface area contributed by atoms with E-state index in [9.17, 15) is 9.18 Å². The normalized spacial score (nSPS) is 24.8. The van der Waals surface area contributed by atoms with E-state index in [0.29, 0.717) is 28.9 Å². The van der Waals surface area contributed by atoms with Crippen molar-refractivity contribution in [2.75, 3.05) is 24.3 Å². The van der Waals surface area contributed by atoms with Crippen LogP contribution in [-0.2, 0) is 10.3 Å². The van der Waals surface area contributed by atoms with Crippen molar-refractivity contribution >= 4 is 28.5 Å². The van der Waals surface area contributed by atoms with Gasteiger partial charge >= 0.3 is 0 Å². The van der Waals surface area contributed by atoms with Gasteiger partial charge < -0.3 is 20.2 Å². The maximum atomic E-state index is 14.8. The number of nitrogens with zero attached hydrogens (tertiary/aromatic N) is 2. The Kier molecular flexibility index (Phi) is 4.65.